The van der Waals surface area contributed by atoms with Gasteiger partial charge in [0.1, 0.15) is 18.1 Å². The van der Waals surface area contributed by atoms with Crippen molar-refractivity contribution < 1.29 is 28.7 Å². The van der Waals surface area contributed by atoms with E-state index in [1.807, 2.05) is 0 Å². The van der Waals surface area contributed by atoms with E-state index in [2.05, 4.69) is 5.32 Å². The van der Waals surface area contributed by atoms with Crippen LogP contribution in [0.15, 0.2) is 0 Å². The van der Waals surface area contributed by atoms with Gasteiger partial charge in [0.15, 0.2) is 5.78 Å². The zero-order chi connectivity index (χ0) is 16.9. The van der Waals surface area contributed by atoms with Gasteiger partial charge in [-0.3, -0.25) is 14.4 Å². The van der Waals surface area contributed by atoms with Crippen LogP contribution >= 0.6 is 0 Å². The van der Waals surface area contributed by atoms with Crippen LogP contribution in [-0.2, 0) is 23.9 Å². The van der Waals surface area contributed by atoms with Gasteiger partial charge in [-0.25, -0.2) is 4.79 Å². The smallest absolute Gasteiger partial charge is 0.408 e. The topological polar surface area (TPSA) is 102 Å². The van der Waals surface area contributed by atoms with Crippen LogP contribution in [0.25, 0.3) is 0 Å². The van der Waals surface area contributed by atoms with E-state index < -0.39 is 29.5 Å². The Morgan fingerprint density at radius 3 is 2.50 bits per heavy atom. The molecule has 1 atom stereocenters. The summed E-state index contributed by atoms with van der Waals surface area (Å²) in [6, 6.07) is 0. The van der Waals surface area contributed by atoms with E-state index in [-0.39, 0.29) is 32.0 Å². The van der Waals surface area contributed by atoms with Gasteiger partial charge in [0.25, 0.3) is 0 Å². The van der Waals surface area contributed by atoms with Crippen LogP contribution in [0.3, 0.4) is 0 Å². The van der Waals surface area contributed by atoms with Crippen LogP contribution in [0.4, 0.5) is 4.79 Å². The second kappa shape index (κ2) is 7.24. The van der Waals surface area contributed by atoms with Gasteiger partial charge in [0.2, 0.25) is 5.91 Å². The van der Waals surface area contributed by atoms with E-state index in [1.165, 1.54) is 4.90 Å². The predicted molar refractivity (Wildman–Crippen MR) is 75.9 cm³/mol. The number of nitrogens with one attached hydrogen (secondary N) is 1. The van der Waals surface area contributed by atoms with E-state index in [4.69, 9.17) is 9.47 Å². The Hall–Kier alpha value is -2.12. The monoisotopic (exact) mass is 314 g/mol. The lowest BCUT2D eigenvalue weighted by Gasteiger charge is -2.20. The maximum absolute atomic E-state index is 11.9. The molecular weight excluding hydrogens is 292 g/mol. The summed E-state index contributed by atoms with van der Waals surface area (Å²) in [4.78, 5) is 47.9. The molecule has 1 N–H and O–H groups in total. The molecule has 8 heteroatoms. The van der Waals surface area contributed by atoms with Crippen molar-refractivity contribution in [2.45, 2.75) is 33.3 Å². The van der Waals surface area contributed by atoms with E-state index in [0.717, 1.165) is 0 Å². The highest BCUT2D eigenvalue weighted by atomic mass is 16.6. The molecule has 22 heavy (non-hydrogen) atoms. The highest BCUT2D eigenvalue weighted by molar-refractivity contribution is 6.04. The summed E-state index contributed by atoms with van der Waals surface area (Å²) in [5, 5.41) is 2.32. The summed E-state index contributed by atoms with van der Waals surface area (Å²) in [5.74, 6) is -2.37. The standard InChI is InChI=1S/C14H22N2O6/c1-5-21-12(19)9-7-16(8-10(9)17)11(18)6-15-13(20)22-14(2,3)4/h9H,5-8H2,1-4H3,(H,15,20). The van der Waals surface area contributed by atoms with Crippen LogP contribution in [0.1, 0.15) is 27.7 Å². The van der Waals surface area contributed by atoms with Crippen molar-refractivity contribution >= 4 is 23.8 Å². The molecule has 0 radical (unpaired) electrons. The molecule has 1 rings (SSSR count). The van der Waals surface area contributed by atoms with Crippen molar-refractivity contribution in [1.82, 2.24) is 10.2 Å². The molecule has 0 spiro atoms. The zero-order valence-corrected chi connectivity index (χ0v) is 13.3. The number of Topliss-reactive ketones (excluding diaryl/α,β-unsaturated/α-hetero) is 1. The molecule has 1 aliphatic rings. The molecule has 0 aromatic heterocycles. The number of alkyl carbamates (subject to hydrolysis) is 1. The predicted octanol–water partition coefficient (Wildman–Crippen LogP) is 0.102. The summed E-state index contributed by atoms with van der Waals surface area (Å²) >= 11 is 0. The number of carbonyl (C=O) groups is 4. The number of nitrogens with zero attached hydrogens (tertiary/aromatic N) is 1. The number of ether oxygens (including phenoxy) is 2. The Morgan fingerprint density at radius 1 is 1.32 bits per heavy atom. The normalized spacial score (nSPS) is 18.1. The quantitative estimate of drug-likeness (QED) is 0.583. The van der Waals surface area contributed by atoms with Gasteiger partial charge in [0, 0.05) is 6.54 Å². The Bertz CT molecular complexity index is 468. The zero-order valence-electron chi connectivity index (χ0n) is 13.3. The number of carbonyl (C=O) groups excluding carboxylic acids is 4. The third kappa shape index (κ3) is 5.34. The van der Waals surface area contributed by atoms with Gasteiger partial charge in [-0.05, 0) is 27.7 Å². The maximum Gasteiger partial charge on any atom is 0.408 e. The number of hydrogen-bond acceptors (Lipinski definition) is 6. The molecule has 2 amide bonds. The van der Waals surface area contributed by atoms with Crippen LogP contribution in [-0.4, -0.2) is 60.5 Å². The molecule has 1 aliphatic heterocycles. The third-order valence-electron chi connectivity index (χ3n) is 2.84. The van der Waals surface area contributed by atoms with Crippen molar-refractivity contribution in [1.29, 1.82) is 0 Å². The first kappa shape index (κ1) is 17.9. The van der Waals surface area contributed by atoms with Gasteiger partial charge in [-0.15, -0.1) is 0 Å². The summed E-state index contributed by atoms with van der Waals surface area (Å²) in [6.07, 6.45) is -0.715. The first-order chi connectivity index (χ1) is 10.1. The van der Waals surface area contributed by atoms with E-state index in [1.54, 1.807) is 27.7 Å². The summed E-state index contributed by atoms with van der Waals surface area (Å²) < 4.78 is 9.79. The fraction of sp³-hybridized carbons (Fsp3) is 0.714. The molecule has 0 aromatic carbocycles. The molecule has 0 saturated carbocycles. The molecule has 1 saturated heterocycles. The van der Waals surface area contributed by atoms with Crippen molar-refractivity contribution in [2.75, 3.05) is 26.2 Å². The van der Waals surface area contributed by atoms with Crippen LogP contribution in [0.5, 0.6) is 0 Å². The third-order valence-corrected chi connectivity index (χ3v) is 2.84. The molecule has 0 bridgehead atoms. The SMILES string of the molecule is CCOC(=O)C1CN(C(=O)CNC(=O)OC(C)(C)C)CC1=O. The minimum atomic E-state index is -0.939. The van der Waals surface area contributed by atoms with Crippen LogP contribution < -0.4 is 5.32 Å². The maximum atomic E-state index is 11.9. The first-order valence-corrected chi connectivity index (χ1v) is 7.08. The number of amides is 2. The van der Waals surface area contributed by atoms with Gasteiger partial charge >= 0.3 is 12.1 Å². The number of esters is 1. The highest BCUT2D eigenvalue weighted by Gasteiger charge is 2.39. The average Bonchev–Trinajstić information content (AvgIpc) is 2.76. The molecule has 1 fully saturated rings. The van der Waals surface area contributed by atoms with E-state index in [0.29, 0.717) is 0 Å². The number of ketones is 1. The Morgan fingerprint density at radius 2 is 1.95 bits per heavy atom. The molecule has 1 unspecified atom stereocenters. The van der Waals surface area contributed by atoms with Gasteiger partial charge in [-0.2, -0.15) is 0 Å². The van der Waals surface area contributed by atoms with Crippen molar-refractivity contribution in [3.8, 4) is 0 Å². The van der Waals surface area contributed by atoms with Crippen LogP contribution in [0.2, 0.25) is 0 Å². The summed E-state index contributed by atoms with van der Waals surface area (Å²) in [6.45, 7) is 6.47. The van der Waals surface area contributed by atoms with Gasteiger partial charge in [0.05, 0.1) is 13.2 Å². The summed E-state index contributed by atoms with van der Waals surface area (Å²) in [5.41, 5.74) is -0.661. The fourth-order valence-corrected chi connectivity index (χ4v) is 1.90. The molecule has 1 heterocycles. The second-order valence-corrected chi connectivity index (χ2v) is 5.90. The first-order valence-electron chi connectivity index (χ1n) is 7.08. The number of rotatable bonds is 4. The second-order valence-electron chi connectivity index (χ2n) is 5.90. The Kier molecular flexibility index (Phi) is 5.90. The van der Waals surface area contributed by atoms with Crippen molar-refractivity contribution in [2.24, 2.45) is 5.92 Å². The minimum absolute atomic E-state index is 0.0213. The van der Waals surface area contributed by atoms with Gasteiger partial charge in [-0.1, -0.05) is 0 Å². The highest BCUT2D eigenvalue weighted by Crippen LogP contribution is 2.14. The van der Waals surface area contributed by atoms with Gasteiger partial charge < -0.3 is 19.7 Å². The van der Waals surface area contributed by atoms with E-state index in [9.17, 15) is 19.2 Å². The van der Waals surface area contributed by atoms with E-state index >= 15 is 0 Å². The molecule has 0 aliphatic carbocycles. The molecule has 0 aromatic rings. The number of hydrogen-bond donors (Lipinski definition) is 1. The lowest BCUT2D eigenvalue weighted by atomic mass is 10.1. The lowest BCUT2D eigenvalue weighted by Crippen LogP contribution is -2.41. The summed E-state index contributed by atoms with van der Waals surface area (Å²) in [7, 11) is 0. The molecule has 124 valence electrons. The van der Waals surface area contributed by atoms with Crippen molar-refractivity contribution in [3.63, 3.8) is 0 Å². The average molecular weight is 314 g/mol. The molecular formula is C14H22N2O6. The Balaban J connectivity index is 2.46. The minimum Gasteiger partial charge on any atom is -0.465 e. The lowest BCUT2D eigenvalue weighted by molar-refractivity contribution is -0.149. The number of likely N-dealkylation sites (tertiary alicyclic amines) is 1. The van der Waals surface area contributed by atoms with Crippen molar-refractivity contribution in [3.05, 3.63) is 0 Å². The molecule has 8 nitrogen and oxygen atoms in total. The largest absolute Gasteiger partial charge is 0.465 e. The Labute approximate surface area is 129 Å². The van der Waals surface area contributed by atoms with Crippen LogP contribution in [0, 0.1) is 5.92 Å². The fourth-order valence-electron chi connectivity index (χ4n) is 1.90.